The maximum Gasteiger partial charge on any atom is 0.278 e. The van der Waals surface area contributed by atoms with Crippen molar-refractivity contribution >= 4 is 11.6 Å². The monoisotopic (exact) mass is 211 g/mol. The summed E-state index contributed by atoms with van der Waals surface area (Å²) in [5.41, 5.74) is -0.371. The minimum absolute atomic E-state index is 0.0541. The number of hydrogen-bond acceptors (Lipinski definition) is 4. The lowest BCUT2D eigenvalue weighted by atomic mass is 10.3. The number of H-pyrrole nitrogens is 1. The number of nitrogens with zero attached hydrogens (tertiary/aromatic N) is 1. The predicted octanol–water partition coefficient (Wildman–Crippen LogP) is 0.517. The van der Waals surface area contributed by atoms with Gasteiger partial charge >= 0.3 is 0 Å². The van der Waals surface area contributed by atoms with Gasteiger partial charge in [-0.1, -0.05) is 6.92 Å². The molecule has 1 heterocycles. The summed E-state index contributed by atoms with van der Waals surface area (Å²) in [6.07, 6.45) is 2.29. The van der Waals surface area contributed by atoms with Crippen LogP contribution in [0.15, 0.2) is 11.1 Å². The van der Waals surface area contributed by atoms with Gasteiger partial charge in [-0.25, -0.2) is 4.98 Å². The van der Waals surface area contributed by atoms with Gasteiger partial charge in [0.2, 0.25) is 11.8 Å². The van der Waals surface area contributed by atoms with Crippen molar-refractivity contribution in [3.8, 4) is 5.88 Å². The minimum Gasteiger partial charge on any atom is -0.479 e. The summed E-state index contributed by atoms with van der Waals surface area (Å²) >= 11 is 0. The number of methoxy groups -OCH3 is 1. The first-order valence-corrected chi connectivity index (χ1v) is 4.60. The molecule has 0 aliphatic carbocycles. The lowest BCUT2D eigenvalue weighted by molar-refractivity contribution is -0.116. The van der Waals surface area contributed by atoms with Crippen molar-refractivity contribution in [2.45, 2.75) is 19.8 Å². The third kappa shape index (κ3) is 2.80. The summed E-state index contributed by atoms with van der Waals surface area (Å²) in [7, 11) is 1.39. The van der Waals surface area contributed by atoms with Gasteiger partial charge in [-0.15, -0.1) is 0 Å². The Hall–Kier alpha value is -1.85. The first kappa shape index (κ1) is 11.2. The Balaban J connectivity index is 2.92. The molecule has 2 N–H and O–H groups in total. The second kappa shape index (κ2) is 5.14. The van der Waals surface area contributed by atoms with Crippen LogP contribution in [0.25, 0.3) is 0 Å². The Bertz CT molecular complexity index is 400. The summed E-state index contributed by atoms with van der Waals surface area (Å²) in [5.74, 6) is -0.113. The molecule has 0 bridgehead atoms. The number of amides is 1. The molecule has 0 fully saturated rings. The molecule has 1 aromatic rings. The molecule has 1 rings (SSSR count). The van der Waals surface area contributed by atoms with Crippen molar-refractivity contribution in [2.75, 3.05) is 12.4 Å². The molecule has 0 atom stereocenters. The number of carbonyl (C=O) groups is 1. The summed E-state index contributed by atoms with van der Waals surface area (Å²) in [6, 6.07) is 0. The van der Waals surface area contributed by atoms with Crippen LogP contribution in [0, 0.1) is 0 Å². The van der Waals surface area contributed by atoms with Crippen LogP contribution in [-0.2, 0) is 4.79 Å². The van der Waals surface area contributed by atoms with Gasteiger partial charge in [0.05, 0.1) is 13.4 Å². The fourth-order valence-corrected chi connectivity index (χ4v) is 1.08. The lowest BCUT2D eigenvalue weighted by Crippen LogP contribution is -2.20. The molecule has 82 valence electrons. The van der Waals surface area contributed by atoms with E-state index in [2.05, 4.69) is 15.3 Å². The Morgan fingerprint density at radius 3 is 3.00 bits per heavy atom. The average molecular weight is 211 g/mol. The van der Waals surface area contributed by atoms with Gasteiger partial charge in [-0.3, -0.25) is 9.59 Å². The van der Waals surface area contributed by atoms with Crippen molar-refractivity contribution in [3.05, 3.63) is 16.7 Å². The molecule has 0 aromatic carbocycles. The second-order valence-corrected chi connectivity index (χ2v) is 2.91. The van der Waals surface area contributed by atoms with Gasteiger partial charge in [0, 0.05) is 6.42 Å². The molecule has 0 aliphatic heterocycles. The molecular weight excluding hydrogens is 198 g/mol. The van der Waals surface area contributed by atoms with Crippen molar-refractivity contribution in [1.29, 1.82) is 0 Å². The van der Waals surface area contributed by atoms with Gasteiger partial charge in [-0.05, 0) is 6.42 Å². The highest BCUT2D eigenvalue weighted by Gasteiger charge is 2.11. The summed E-state index contributed by atoms with van der Waals surface area (Å²) < 4.78 is 4.86. The molecule has 0 aliphatic rings. The molecule has 0 saturated carbocycles. The highest BCUT2D eigenvalue weighted by Crippen LogP contribution is 2.14. The number of nitrogens with one attached hydrogen (secondary N) is 2. The van der Waals surface area contributed by atoms with Crippen LogP contribution >= 0.6 is 0 Å². The maximum absolute atomic E-state index is 11.3. The fourth-order valence-electron chi connectivity index (χ4n) is 1.08. The van der Waals surface area contributed by atoms with Crippen molar-refractivity contribution in [2.24, 2.45) is 0 Å². The van der Waals surface area contributed by atoms with E-state index in [-0.39, 0.29) is 17.5 Å². The summed E-state index contributed by atoms with van der Waals surface area (Å²) in [4.78, 5) is 28.8. The predicted molar refractivity (Wildman–Crippen MR) is 54.9 cm³/mol. The minimum atomic E-state index is -0.425. The van der Waals surface area contributed by atoms with Crippen molar-refractivity contribution in [1.82, 2.24) is 9.97 Å². The molecule has 6 heteroatoms. The average Bonchev–Trinajstić information content (AvgIpc) is 2.21. The first-order valence-electron chi connectivity index (χ1n) is 4.60. The topological polar surface area (TPSA) is 84.1 Å². The number of ether oxygens (including phenoxy) is 1. The van der Waals surface area contributed by atoms with Gasteiger partial charge in [0.25, 0.3) is 5.56 Å². The largest absolute Gasteiger partial charge is 0.479 e. The standard InChI is InChI=1S/C9H13N3O3/c1-3-4-6(13)12-7-8(14)10-5-11-9(7)15-2/h5H,3-4H2,1-2H3,(H,12,13)(H,10,11,14). The Labute approximate surface area is 86.7 Å². The highest BCUT2D eigenvalue weighted by molar-refractivity contribution is 5.91. The fraction of sp³-hybridized carbons (Fsp3) is 0.444. The van der Waals surface area contributed by atoms with Crippen LogP contribution < -0.4 is 15.6 Å². The molecule has 6 nitrogen and oxygen atoms in total. The molecule has 0 unspecified atom stereocenters. The number of aromatic amines is 1. The van der Waals surface area contributed by atoms with Gasteiger partial charge in [0.15, 0.2) is 5.69 Å². The lowest BCUT2D eigenvalue weighted by Gasteiger charge is -2.06. The quantitative estimate of drug-likeness (QED) is 0.760. The van der Waals surface area contributed by atoms with E-state index in [9.17, 15) is 9.59 Å². The number of anilines is 1. The van der Waals surface area contributed by atoms with E-state index >= 15 is 0 Å². The highest BCUT2D eigenvalue weighted by atomic mass is 16.5. The second-order valence-electron chi connectivity index (χ2n) is 2.91. The van der Waals surface area contributed by atoms with E-state index in [0.717, 1.165) is 0 Å². The Morgan fingerprint density at radius 2 is 2.40 bits per heavy atom. The normalized spacial score (nSPS) is 9.73. The number of hydrogen-bond donors (Lipinski definition) is 2. The SMILES string of the molecule is CCCC(=O)Nc1c(OC)nc[nH]c1=O. The van der Waals surface area contributed by atoms with Gasteiger partial charge in [0.1, 0.15) is 0 Å². The molecule has 0 spiro atoms. The zero-order valence-electron chi connectivity index (χ0n) is 8.66. The van der Waals surface area contributed by atoms with Crippen molar-refractivity contribution < 1.29 is 9.53 Å². The Morgan fingerprint density at radius 1 is 1.67 bits per heavy atom. The van der Waals surface area contributed by atoms with E-state index < -0.39 is 5.56 Å². The van der Waals surface area contributed by atoms with E-state index in [4.69, 9.17) is 4.74 Å². The molecule has 0 saturated heterocycles. The van der Waals surface area contributed by atoms with E-state index in [1.54, 1.807) is 0 Å². The van der Waals surface area contributed by atoms with Crippen LogP contribution in [0.5, 0.6) is 5.88 Å². The number of rotatable bonds is 4. The van der Waals surface area contributed by atoms with E-state index in [1.165, 1.54) is 13.4 Å². The summed E-state index contributed by atoms with van der Waals surface area (Å²) in [5, 5.41) is 2.46. The maximum atomic E-state index is 11.3. The zero-order chi connectivity index (χ0) is 11.3. The van der Waals surface area contributed by atoms with Crippen LogP contribution in [0.2, 0.25) is 0 Å². The van der Waals surface area contributed by atoms with Gasteiger partial charge in [-0.2, -0.15) is 0 Å². The van der Waals surface area contributed by atoms with Gasteiger partial charge < -0.3 is 15.0 Å². The third-order valence-electron chi connectivity index (χ3n) is 1.75. The van der Waals surface area contributed by atoms with Crippen LogP contribution in [0.4, 0.5) is 5.69 Å². The summed E-state index contributed by atoms with van der Waals surface area (Å²) in [6.45, 7) is 1.88. The number of aromatic nitrogens is 2. The third-order valence-corrected chi connectivity index (χ3v) is 1.75. The van der Waals surface area contributed by atoms with Crippen LogP contribution in [0.3, 0.4) is 0 Å². The molecule has 1 amide bonds. The molecule has 0 radical (unpaired) electrons. The van der Waals surface area contributed by atoms with E-state index in [0.29, 0.717) is 12.8 Å². The first-order chi connectivity index (χ1) is 7.19. The smallest absolute Gasteiger partial charge is 0.278 e. The van der Waals surface area contributed by atoms with Crippen molar-refractivity contribution in [3.63, 3.8) is 0 Å². The molecular formula is C9H13N3O3. The van der Waals surface area contributed by atoms with E-state index in [1.807, 2.05) is 6.92 Å². The molecule has 1 aromatic heterocycles. The van der Waals surface area contributed by atoms with Crippen LogP contribution in [-0.4, -0.2) is 23.0 Å². The molecule has 15 heavy (non-hydrogen) atoms. The van der Waals surface area contributed by atoms with Crippen LogP contribution in [0.1, 0.15) is 19.8 Å². The Kier molecular flexibility index (Phi) is 3.84. The zero-order valence-corrected chi connectivity index (χ0v) is 8.66. The number of carbonyl (C=O) groups excluding carboxylic acids is 1.